The molecular formula is C27H18FN3O5S. The quantitative estimate of drug-likeness (QED) is 0.242. The van der Waals surface area contributed by atoms with Crippen LogP contribution < -0.4 is 15.0 Å². The highest BCUT2D eigenvalue weighted by Crippen LogP contribution is 2.29. The Hall–Kier alpha value is -4.70. The second-order valence-electron chi connectivity index (χ2n) is 8.25. The predicted molar refractivity (Wildman–Crippen MR) is 136 cm³/mol. The van der Waals surface area contributed by atoms with Crippen molar-refractivity contribution in [3.8, 4) is 5.75 Å². The lowest BCUT2D eigenvalue weighted by molar-refractivity contribution is -0.122. The zero-order valence-corrected chi connectivity index (χ0v) is 20.2. The first-order valence-corrected chi connectivity index (χ1v) is 11.5. The minimum Gasteiger partial charge on any atom is -0.496 e. The summed E-state index contributed by atoms with van der Waals surface area (Å²) in [5, 5.41) is 2.35. The molecule has 2 heterocycles. The van der Waals surface area contributed by atoms with E-state index in [9.17, 15) is 23.6 Å². The van der Waals surface area contributed by atoms with Crippen LogP contribution in [0.25, 0.3) is 6.08 Å². The van der Waals surface area contributed by atoms with Crippen LogP contribution in [-0.4, -0.2) is 40.8 Å². The lowest BCUT2D eigenvalue weighted by Crippen LogP contribution is -2.54. The van der Waals surface area contributed by atoms with Gasteiger partial charge in [-0.05, 0) is 72.4 Å². The average molecular weight is 516 g/mol. The van der Waals surface area contributed by atoms with E-state index in [4.69, 9.17) is 17.0 Å². The third-order valence-corrected chi connectivity index (χ3v) is 6.29. The fourth-order valence-electron chi connectivity index (χ4n) is 4.21. The summed E-state index contributed by atoms with van der Waals surface area (Å²) in [6.07, 6.45) is 1.38. The summed E-state index contributed by atoms with van der Waals surface area (Å²) in [4.78, 5) is 53.8. The molecular weight excluding hydrogens is 497 g/mol. The fourth-order valence-corrected chi connectivity index (χ4v) is 4.49. The van der Waals surface area contributed by atoms with Gasteiger partial charge in [0.15, 0.2) is 5.11 Å². The van der Waals surface area contributed by atoms with E-state index in [2.05, 4.69) is 5.32 Å². The summed E-state index contributed by atoms with van der Waals surface area (Å²) in [5.41, 5.74) is 1.70. The first-order valence-electron chi connectivity index (χ1n) is 11.1. The second kappa shape index (κ2) is 9.40. The number of carbonyl (C=O) groups is 4. The van der Waals surface area contributed by atoms with Crippen molar-refractivity contribution in [3.05, 3.63) is 100 Å². The lowest BCUT2D eigenvalue weighted by Gasteiger charge is -2.29. The van der Waals surface area contributed by atoms with Gasteiger partial charge >= 0.3 is 0 Å². The Balaban J connectivity index is 1.47. The zero-order valence-electron chi connectivity index (χ0n) is 19.4. The molecule has 1 saturated heterocycles. The number of nitrogens with zero attached hydrogens (tertiary/aromatic N) is 2. The molecule has 37 heavy (non-hydrogen) atoms. The van der Waals surface area contributed by atoms with Crippen molar-refractivity contribution in [2.24, 2.45) is 0 Å². The van der Waals surface area contributed by atoms with E-state index < -0.39 is 29.4 Å². The Kier molecular flexibility index (Phi) is 6.10. The largest absolute Gasteiger partial charge is 0.496 e. The topological polar surface area (TPSA) is 96.0 Å². The number of carbonyl (C=O) groups excluding carboxylic acids is 4. The van der Waals surface area contributed by atoms with Gasteiger partial charge in [-0.2, -0.15) is 0 Å². The number of halogens is 1. The van der Waals surface area contributed by atoms with E-state index in [0.29, 0.717) is 33.7 Å². The number of nitrogens with one attached hydrogen (secondary N) is 1. The van der Waals surface area contributed by atoms with E-state index in [-0.39, 0.29) is 17.2 Å². The van der Waals surface area contributed by atoms with Gasteiger partial charge < -0.3 is 4.74 Å². The highest BCUT2D eigenvalue weighted by Gasteiger charge is 2.36. The van der Waals surface area contributed by atoms with Crippen LogP contribution in [0.1, 0.15) is 31.8 Å². The summed E-state index contributed by atoms with van der Waals surface area (Å²) >= 11 is 5.17. The van der Waals surface area contributed by atoms with E-state index >= 15 is 0 Å². The molecule has 2 aliphatic heterocycles. The Morgan fingerprint density at radius 2 is 1.57 bits per heavy atom. The average Bonchev–Trinajstić information content (AvgIpc) is 3.12. The molecule has 3 aromatic carbocycles. The van der Waals surface area contributed by atoms with Crippen LogP contribution in [0.2, 0.25) is 0 Å². The van der Waals surface area contributed by atoms with Crippen molar-refractivity contribution in [2.75, 3.05) is 12.0 Å². The summed E-state index contributed by atoms with van der Waals surface area (Å²) in [6.45, 7) is -0.0710. The van der Waals surface area contributed by atoms with Gasteiger partial charge in [0.05, 0.1) is 30.5 Å². The van der Waals surface area contributed by atoms with Crippen LogP contribution in [0.3, 0.4) is 0 Å². The van der Waals surface area contributed by atoms with Gasteiger partial charge in [0.1, 0.15) is 17.1 Å². The standard InChI is InChI=1S/C27H18FN3O5S/c1-36-22-11-6-15(12-16(22)14-30-24(33)19-4-2-3-5-20(19)25(30)34)13-21-23(32)29-27(37)31(26(21)35)18-9-7-17(28)8-10-18/h2-13H,14H2,1H3,(H,29,32,37). The monoisotopic (exact) mass is 515 g/mol. The van der Waals surface area contributed by atoms with E-state index in [1.807, 2.05) is 0 Å². The lowest BCUT2D eigenvalue weighted by atomic mass is 10.0. The maximum absolute atomic E-state index is 13.4. The summed E-state index contributed by atoms with van der Waals surface area (Å²) in [7, 11) is 1.46. The second-order valence-corrected chi connectivity index (χ2v) is 8.63. The first kappa shape index (κ1) is 24.0. The van der Waals surface area contributed by atoms with Crippen molar-refractivity contribution in [1.29, 1.82) is 0 Å². The van der Waals surface area contributed by atoms with Crippen LogP contribution in [0.15, 0.2) is 72.3 Å². The number of methoxy groups -OCH3 is 1. The number of anilines is 1. The molecule has 2 aliphatic rings. The third kappa shape index (κ3) is 4.27. The fraction of sp³-hybridized carbons (Fsp3) is 0.0741. The van der Waals surface area contributed by atoms with Gasteiger partial charge in [-0.15, -0.1) is 0 Å². The van der Waals surface area contributed by atoms with Gasteiger partial charge in [-0.3, -0.25) is 34.3 Å². The number of rotatable bonds is 5. The molecule has 0 saturated carbocycles. The number of benzene rings is 3. The van der Waals surface area contributed by atoms with Crippen LogP contribution in [0.4, 0.5) is 10.1 Å². The van der Waals surface area contributed by atoms with Crippen molar-refractivity contribution < 1.29 is 28.3 Å². The van der Waals surface area contributed by atoms with E-state index in [1.54, 1.807) is 42.5 Å². The maximum atomic E-state index is 13.4. The molecule has 0 radical (unpaired) electrons. The number of ether oxygens (including phenoxy) is 1. The van der Waals surface area contributed by atoms with Crippen molar-refractivity contribution >= 4 is 52.7 Å². The van der Waals surface area contributed by atoms with Crippen LogP contribution in [-0.2, 0) is 16.1 Å². The van der Waals surface area contributed by atoms with E-state index in [0.717, 1.165) is 9.80 Å². The van der Waals surface area contributed by atoms with Gasteiger partial charge in [0.2, 0.25) is 0 Å². The SMILES string of the molecule is COc1ccc(C=C2C(=O)NC(=S)N(c3ccc(F)cc3)C2=O)cc1CN1C(=O)c2ccccc2C1=O. The number of thiocarbonyl (C=S) groups is 1. The summed E-state index contributed by atoms with van der Waals surface area (Å²) in [5.74, 6) is -2.27. The molecule has 4 amide bonds. The number of fused-ring (bicyclic) bond motifs is 1. The molecule has 0 aromatic heterocycles. The van der Waals surface area contributed by atoms with Crippen LogP contribution >= 0.6 is 12.2 Å². The highest BCUT2D eigenvalue weighted by molar-refractivity contribution is 7.80. The molecule has 3 aromatic rings. The van der Waals surface area contributed by atoms with Crippen molar-refractivity contribution in [2.45, 2.75) is 6.54 Å². The number of hydrogen-bond donors (Lipinski definition) is 1. The summed E-state index contributed by atoms with van der Waals surface area (Å²) in [6, 6.07) is 16.6. The Morgan fingerprint density at radius 1 is 0.919 bits per heavy atom. The zero-order chi connectivity index (χ0) is 26.3. The molecule has 184 valence electrons. The Morgan fingerprint density at radius 3 is 2.19 bits per heavy atom. The smallest absolute Gasteiger partial charge is 0.270 e. The van der Waals surface area contributed by atoms with Crippen molar-refractivity contribution in [3.63, 3.8) is 0 Å². The molecule has 0 aliphatic carbocycles. The molecule has 8 nitrogen and oxygen atoms in total. The minimum atomic E-state index is -0.689. The molecule has 5 rings (SSSR count). The number of hydrogen-bond acceptors (Lipinski definition) is 6. The third-order valence-electron chi connectivity index (χ3n) is 6.01. The molecule has 0 atom stereocenters. The van der Waals surface area contributed by atoms with Gasteiger partial charge in [-0.1, -0.05) is 18.2 Å². The van der Waals surface area contributed by atoms with Gasteiger partial charge in [0.25, 0.3) is 23.6 Å². The van der Waals surface area contributed by atoms with Gasteiger partial charge in [0, 0.05) is 5.56 Å². The molecule has 0 unspecified atom stereocenters. The Bertz CT molecular complexity index is 1500. The number of imide groups is 1. The molecule has 10 heteroatoms. The van der Waals surface area contributed by atoms with Gasteiger partial charge in [-0.25, -0.2) is 4.39 Å². The predicted octanol–water partition coefficient (Wildman–Crippen LogP) is 3.46. The molecule has 1 N–H and O–H groups in total. The van der Waals surface area contributed by atoms with E-state index in [1.165, 1.54) is 37.5 Å². The normalized spacial score (nSPS) is 16.4. The maximum Gasteiger partial charge on any atom is 0.270 e. The van der Waals surface area contributed by atoms with Crippen molar-refractivity contribution in [1.82, 2.24) is 10.2 Å². The van der Waals surface area contributed by atoms with Crippen LogP contribution in [0, 0.1) is 5.82 Å². The first-order chi connectivity index (χ1) is 17.8. The highest BCUT2D eigenvalue weighted by atomic mass is 32.1. The summed E-state index contributed by atoms with van der Waals surface area (Å²) < 4.78 is 18.8. The molecule has 0 spiro atoms. The molecule has 1 fully saturated rings. The minimum absolute atomic E-state index is 0.0710. The molecule has 0 bridgehead atoms. The Labute approximate surface area is 215 Å². The number of amides is 4. The van der Waals surface area contributed by atoms with Crippen LogP contribution in [0.5, 0.6) is 5.75 Å².